The number of nitrogens with zero attached hydrogens (tertiary/aromatic N) is 1. The minimum Gasteiger partial charge on any atom is -0.478 e. The highest BCUT2D eigenvalue weighted by atomic mass is 19.1. The summed E-state index contributed by atoms with van der Waals surface area (Å²) in [5.41, 5.74) is -1.11. The maximum absolute atomic E-state index is 13.6. The Kier molecular flexibility index (Phi) is 3.45. The van der Waals surface area contributed by atoms with Crippen LogP contribution in [0.2, 0.25) is 0 Å². The van der Waals surface area contributed by atoms with Crippen LogP contribution in [-0.4, -0.2) is 22.5 Å². The Bertz CT molecular complexity index is 471. The Labute approximate surface area is 97.0 Å². The Morgan fingerprint density at radius 1 is 1.53 bits per heavy atom. The van der Waals surface area contributed by atoms with Gasteiger partial charge in [-0.2, -0.15) is 0 Å². The van der Waals surface area contributed by atoms with Gasteiger partial charge in [0.1, 0.15) is 5.82 Å². The van der Waals surface area contributed by atoms with Crippen molar-refractivity contribution in [2.75, 3.05) is 6.54 Å². The van der Waals surface area contributed by atoms with E-state index < -0.39 is 28.7 Å². The maximum Gasteiger partial charge on any atom is 0.335 e. The highest BCUT2D eigenvalue weighted by Gasteiger charge is 2.30. The molecule has 0 saturated heterocycles. The molecule has 6 heteroatoms. The second-order valence-electron chi connectivity index (χ2n) is 4.37. The minimum absolute atomic E-state index is 0.0362. The van der Waals surface area contributed by atoms with E-state index in [0.717, 1.165) is 18.2 Å². The molecule has 0 fully saturated rings. The molecule has 1 aromatic rings. The fourth-order valence-corrected chi connectivity index (χ4v) is 1.58. The number of rotatable bonds is 4. The molecule has 0 amide bonds. The van der Waals surface area contributed by atoms with E-state index >= 15 is 0 Å². The monoisotopic (exact) mass is 241 g/mol. The number of benzene rings is 1. The molecule has 0 aliphatic heterocycles. The van der Waals surface area contributed by atoms with E-state index in [1.165, 1.54) is 13.8 Å². The summed E-state index contributed by atoms with van der Waals surface area (Å²) in [4.78, 5) is 20.7. The van der Waals surface area contributed by atoms with Crippen LogP contribution in [0.3, 0.4) is 0 Å². The topological polar surface area (TPSA) is 80.4 Å². The zero-order valence-corrected chi connectivity index (χ0v) is 9.44. The van der Waals surface area contributed by atoms with Crippen molar-refractivity contribution in [2.45, 2.75) is 19.3 Å². The van der Waals surface area contributed by atoms with Crippen molar-refractivity contribution >= 4 is 5.97 Å². The third-order valence-corrected chi connectivity index (χ3v) is 2.47. The lowest BCUT2D eigenvalue weighted by Crippen LogP contribution is -2.29. The predicted molar refractivity (Wildman–Crippen MR) is 58.2 cm³/mol. The molecule has 0 bridgehead atoms. The summed E-state index contributed by atoms with van der Waals surface area (Å²) in [5, 5.41) is 19.3. The van der Waals surface area contributed by atoms with E-state index in [9.17, 15) is 19.3 Å². The second kappa shape index (κ2) is 4.48. The minimum atomic E-state index is -1.19. The van der Waals surface area contributed by atoms with Gasteiger partial charge in [-0.3, -0.25) is 10.1 Å². The molecule has 0 saturated carbocycles. The van der Waals surface area contributed by atoms with Crippen LogP contribution in [0.5, 0.6) is 0 Å². The standard InChI is InChI=1S/C11H12FNO4/c1-11(2,6-13(16)17)8-5-7(10(14)15)3-4-9(8)12/h3-5H,6H2,1-2H3,(H,14,15). The molecular formula is C11H12FNO4. The zero-order chi connectivity index (χ0) is 13.2. The van der Waals surface area contributed by atoms with E-state index in [2.05, 4.69) is 0 Å². The Hall–Kier alpha value is -1.98. The SMILES string of the molecule is CC(C)(C[N+](=O)[O-])c1cc(C(=O)O)ccc1F. The van der Waals surface area contributed by atoms with E-state index in [1.807, 2.05) is 0 Å². The van der Waals surface area contributed by atoms with Crippen LogP contribution >= 0.6 is 0 Å². The van der Waals surface area contributed by atoms with Crippen molar-refractivity contribution < 1.29 is 19.2 Å². The summed E-state index contributed by atoms with van der Waals surface area (Å²) >= 11 is 0. The van der Waals surface area contributed by atoms with Crippen molar-refractivity contribution in [3.63, 3.8) is 0 Å². The maximum atomic E-state index is 13.6. The molecule has 1 rings (SSSR count). The van der Waals surface area contributed by atoms with E-state index in [4.69, 9.17) is 5.11 Å². The Morgan fingerprint density at radius 3 is 2.59 bits per heavy atom. The largest absolute Gasteiger partial charge is 0.478 e. The van der Waals surface area contributed by atoms with Crippen molar-refractivity contribution in [3.8, 4) is 0 Å². The van der Waals surface area contributed by atoms with Crippen LogP contribution < -0.4 is 0 Å². The van der Waals surface area contributed by atoms with Gasteiger partial charge in [-0.05, 0) is 32.0 Å². The highest BCUT2D eigenvalue weighted by molar-refractivity contribution is 5.87. The number of carboxylic acid groups (broad SMARTS) is 1. The molecule has 0 atom stereocenters. The summed E-state index contributed by atoms with van der Waals surface area (Å²) in [6.45, 7) is 2.53. The van der Waals surface area contributed by atoms with Gasteiger partial charge < -0.3 is 5.11 Å². The van der Waals surface area contributed by atoms with E-state index in [0.29, 0.717) is 0 Å². The van der Waals surface area contributed by atoms with E-state index in [-0.39, 0.29) is 11.1 Å². The molecule has 0 aromatic heterocycles. The number of halogens is 1. The molecule has 1 N–H and O–H groups in total. The van der Waals surface area contributed by atoms with Crippen molar-refractivity contribution in [3.05, 3.63) is 45.3 Å². The lowest BCUT2D eigenvalue weighted by atomic mass is 9.83. The summed E-state index contributed by atoms with van der Waals surface area (Å²) in [7, 11) is 0. The van der Waals surface area contributed by atoms with Gasteiger partial charge >= 0.3 is 5.97 Å². The lowest BCUT2D eigenvalue weighted by Gasteiger charge is -2.21. The summed E-state index contributed by atoms with van der Waals surface area (Å²) < 4.78 is 13.6. The van der Waals surface area contributed by atoms with Crippen molar-refractivity contribution in [1.29, 1.82) is 0 Å². The van der Waals surface area contributed by atoms with Crippen LogP contribution in [0.15, 0.2) is 18.2 Å². The normalized spacial score (nSPS) is 11.2. The lowest BCUT2D eigenvalue weighted by molar-refractivity contribution is -0.489. The number of hydrogen-bond donors (Lipinski definition) is 1. The zero-order valence-electron chi connectivity index (χ0n) is 9.44. The van der Waals surface area contributed by atoms with Crippen LogP contribution in [0.25, 0.3) is 0 Å². The summed E-state index contributed by atoms with van der Waals surface area (Å²) in [6, 6.07) is 3.28. The molecule has 0 aliphatic rings. The second-order valence-corrected chi connectivity index (χ2v) is 4.37. The Balaban J connectivity index is 3.24. The first-order chi connectivity index (χ1) is 7.74. The average Bonchev–Trinajstić information content (AvgIpc) is 2.15. The first kappa shape index (κ1) is 13.1. The molecule has 5 nitrogen and oxygen atoms in total. The molecule has 1 aromatic carbocycles. The molecule has 92 valence electrons. The van der Waals surface area contributed by atoms with Gasteiger partial charge in [-0.25, -0.2) is 9.18 Å². The molecule has 0 radical (unpaired) electrons. The third-order valence-electron chi connectivity index (χ3n) is 2.47. The molecular weight excluding hydrogens is 229 g/mol. The average molecular weight is 241 g/mol. The number of aromatic carboxylic acids is 1. The van der Waals surface area contributed by atoms with Gasteiger partial charge in [-0.15, -0.1) is 0 Å². The van der Waals surface area contributed by atoms with Gasteiger partial charge in [0.05, 0.1) is 11.0 Å². The van der Waals surface area contributed by atoms with Crippen molar-refractivity contribution in [1.82, 2.24) is 0 Å². The first-order valence-electron chi connectivity index (χ1n) is 4.89. The molecule has 0 aliphatic carbocycles. The number of carboxylic acids is 1. The fourth-order valence-electron chi connectivity index (χ4n) is 1.58. The van der Waals surface area contributed by atoms with Gasteiger partial charge in [0.25, 0.3) is 0 Å². The molecule has 0 heterocycles. The molecule has 0 spiro atoms. The Morgan fingerprint density at radius 2 is 2.12 bits per heavy atom. The summed E-state index contributed by atoms with van der Waals surface area (Å²) in [6.07, 6.45) is 0. The van der Waals surface area contributed by atoms with Gasteiger partial charge in [0, 0.05) is 10.5 Å². The van der Waals surface area contributed by atoms with Crippen molar-refractivity contribution in [2.24, 2.45) is 0 Å². The third kappa shape index (κ3) is 2.99. The van der Waals surface area contributed by atoms with Gasteiger partial charge in [0.15, 0.2) is 0 Å². The van der Waals surface area contributed by atoms with Crippen LogP contribution in [0.4, 0.5) is 4.39 Å². The highest BCUT2D eigenvalue weighted by Crippen LogP contribution is 2.27. The quantitative estimate of drug-likeness (QED) is 0.646. The smallest absolute Gasteiger partial charge is 0.335 e. The fraction of sp³-hybridized carbons (Fsp3) is 0.364. The van der Waals surface area contributed by atoms with Crippen LogP contribution in [0.1, 0.15) is 29.8 Å². The number of carbonyl (C=O) groups is 1. The number of hydrogen-bond acceptors (Lipinski definition) is 3. The molecule has 0 unspecified atom stereocenters. The van der Waals surface area contributed by atoms with Crippen LogP contribution in [-0.2, 0) is 5.41 Å². The first-order valence-corrected chi connectivity index (χ1v) is 4.89. The van der Waals surface area contributed by atoms with Gasteiger partial charge in [0.2, 0.25) is 6.54 Å². The summed E-state index contributed by atoms with van der Waals surface area (Å²) in [5.74, 6) is -1.83. The predicted octanol–water partition coefficient (Wildman–Crippen LogP) is 2.08. The molecule has 17 heavy (non-hydrogen) atoms. The van der Waals surface area contributed by atoms with Gasteiger partial charge in [-0.1, -0.05) is 0 Å². The van der Waals surface area contributed by atoms with E-state index in [1.54, 1.807) is 0 Å². The number of nitro groups is 1. The van der Waals surface area contributed by atoms with Crippen LogP contribution in [0, 0.1) is 15.9 Å².